The van der Waals surface area contributed by atoms with Gasteiger partial charge in [-0.3, -0.25) is 9.36 Å². The summed E-state index contributed by atoms with van der Waals surface area (Å²) in [4.78, 5) is 26.0. The number of carbonyl (C=O) groups excluding carboxylic acids is 1. The number of hydrogen-bond donors (Lipinski definition) is 1. The lowest BCUT2D eigenvalue weighted by Gasteiger charge is -2.19. The third kappa shape index (κ3) is 5.91. The van der Waals surface area contributed by atoms with E-state index in [0.717, 1.165) is 10.7 Å². The Morgan fingerprint density at radius 1 is 1.03 bits per heavy atom. The molecule has 0 aliphatic heterocycles. The molecule has 192 valence electrons. The number of aromatic nitrogens is 3. The van der Waals surface area contributed by atoms with Crippen LogP contribution in [0.1, 0.15) is 29.7 Å². The Bertz CT molecular complexity index is 1480. The van der Waals surface area contributed by atoms with Gasteiger partial charge in [0.1, 0.15) is 12.4 Å². The van der Waals surface area contributed by atoms with Crippen molar-refractivity contribution in [2.24, 2.45) is 0 Å². The van der Waals surface area contributed by atoms with E-state index in [1.54, 1.807) is 30.3 Å². The molecule has 1 N–H and O–H groups in total. The zero-order chi connectivity index (χ0) is 26.7. The molecule has 1 amide bonds. The van der Waals surface area contributed by atoms with Gasteiger partial charge >= 0.3 is 11.9 Å². The van der Waals surface area contributed by atoms with E-state index in [1.807, 2.05) is 0 Å². The van der Waals surface area contributed by atoms with Gasteiger partial charge in [-0.2, -0.15) is 13.2 Å². The Morgan fingerprint density at radius 3 is 2.35 bits per heavy atom. The second-order valence-electron chi connectivity index (χ2n) is 8.32. The first-order valence-corrected chi connectivity index (χ1v) is 11.5. The highest BCUT2D eigenvalue weighted by Gasteiger charge is 2.34. The normalized spacial score (nSPS) is 12.4. The minimum Gasteiger partial charge on any atom is -0.348 e. The number of carbonyl (C=O) groups is 1. The maximum atomic E-state index is 14.3. The van der Waals surface area contributed by atoms with Crippen molar-refractivity contribution in [3.05, 3.63) is 111 Å². The summed E-state index contributed by atoms with van der Waals surface area (Å²) in [5, 5.41) is 7.22. The summed E-state index contributed by atoms with van der Waals surface area (Å²) in [7, 11) is 0. The number of nitrogens with zero attached hydrogens (tertiary/aromatic N) is 3. The monoisotopic (exact) mass is 532 g/mol. The lowest BCUT2D eigenvalue weighted by molar-refractivity contribution is -0.138. The zero-order valence-electron chi connectivity index (χ0n) is 19.5. The third-order valence-electron chi connectivity index (χ3n) is 5.72. The van der Waals surface area contributed by atoms with Crippen LogP contribution in [0.2, 0.25) is 5.02 Å². The largest absolute Gasteiger partial charge is 0.416 e. The summed E-state index contributed by atoms with van der Waals surface area (Å²) in [6.45, 7) is 0.712. The lowest BCUT2D eigenvalue weighted by Crippen LogP contribution is -2.35. The first kappa shape index (κ1) is 26.2. The predicted octanol–water partition coefficient (Wildman–Crippen LogP) is 5.45. The van der Waals surface area contributed by atoms with Gasteiger partial charge in [-0.25, -0.2) is 13.9 Å². The Hall–Kier alpha value is -3.92. The fourth-order valence-electron chi connectivity index (χ4n) is 3.93. The van der Waals surface area contributed by atoms with E-state index in [1.165, 1.54) is 47.9 Å². The van der Waals surface area contributed by atoms with Gasteiger partial charge in [-0.15, -0.1) is 5.10 Å². The second kappa shape index (κ2) is 10.6. The molecule has 0 spiro atoms. The van der Waals surface area contributed by atoms with Crippen LogP contribution in [0.5, 0.6) is 0 Å². The molecule has 0 saturated heterocycles. The molecule has 0 saturated carbocycles. The van der Waals surface area contributed by atoms with E-state index in [2.05, 4.69) is 10.4 Å². The van der Waals surface area contributed by atoms with Crippen LogP contribution in [0.4, 0.5) is 17.6 Å². The van der Waals surface area contributed by atoms with Crippen LogP contribution >= 0.6 is 11.6 Å². The van der Waals surface area contributed by atoms with Crippen molar-refractivity contribution < 1.29 is 22.4 Å². The lowest BCUT2D eigenvalue weighted by atomic mass is 10.0. The summed E-state index contributed by atoms with van der Waals surface area (Å²) in [5.41, 5.74) is -0.917. The van der Waals surface area contributed by atoms with Gasteiger partial charge in [0.15, 0.2) is 5.82 Å². The van der Waals surface area contributed by atoms with Crippen molar-refractivity contribution in [3.63, 3.8) is 0 Å². The van der Waals surface area contributed by atoms with Gasteiger partial charge in [-0.1, -0.05) is 48.0 Å². The molecule has 11 heteroatoms. The van der Waals surface area contributed by atoms with Crippen LogP contribution in [0.3, 0.4) is 0 Å². The number of alkyl halides is 3. The van der Waals surface area contributed by atoms with E-state index in [0.29, 0.717) is 10.6 Å². The Balaban J connectivity index is 1.63. The number of hydrogen-bond acceptors (Lipinski definition) is 3. The van der Waals surface area contributed by atoms with E-state index in [4.69, 9.17) is 11.6 Å². The van der Waals surface area contributed by atoms with Gasteiger partial charge in [0, 0.05) is 16.1 Å². The summed E-state index contributed by atoms with van der Waals surface area (Å²) in [6, 6.07) is 16.3. The molecule has 0 aliphatic carbocycles. The fraction of sp³-hybridized carbons (Fsp3) is 0.192. The van der Waals surface area contributed by atoms with Crippen LogP contribution in [0, 0.1) is 5.82 Å². The van der Waals surface area contributed by atoms with Crippen molar-refractivity contribution in [1.29, 1.82) is 0 Å². The van der Waals surface area contributed by atoms with E-state index in [9.17, 15) is 27.2 Å². The zero-order valence-corrected chi connectivity index (χ0v) is 20.2. The number of benzene rings is 3. The van der Waals surface area contributed by atoms with E-state index in [-0.39, 0.29) is 23.5 Å². The van der Waals surface area contributed by atoms with Crippen molar-refractivity contribution in [2.45, 2.75) is 32.2 Å². The van der Waals surface area contributed by atoms with Crippen molar-refractivity contribution >= 4 is 17.5 Å². The molecule has 0 fully saturated rings. The van der Waals surface area contributed by atoms with Crippen LogP contribution < -0.4 is 11.0 Å². The number of nitrogens with one attached hydrogen (secondary N) is 1. The molecule has 0 bridgehead atoms. The van der Waals surface area contributed by atoms with Crippen LogP contribution in [-0.4, -0.2) is 20.3 Å². The molecule has 4 aromatic rings. The fourth-order valence-corrected chi connectivity index (χ4v) is 4.06. The molecule has 4 rings (SSSR count). The van der Waals surface area contributed by atoms with Gasteiger partial charge in [-0.05, 0) is 48.9 Å². The Morgan fingerprint density at radius 2 is 1.68 bits per heavy atom. The molecule has 1 heterocycles. The molecular formula is C26H21ClF4N4O2. The van der Waals surface area contributed by atoms with Crippen LogP contribution in [-0.2, 0) is 24.1 Å². The predicted molar refractivity (Wildman–Crippen MR) is 130 cm³/mol. The summed E-state index contributed by atoms with van der Waals surface area (Å²) in [5.74, 6) is -1.06. The topological polar surface area (TPSA) is 68.9 Å². The summed E-state index contributed by atoms with van der Waals surface area (Å²) in [6.07, 6.45) is -4.59. The molecule has 0 aliphatic rings. The first-order valence-electron chi connectivity index (χ1n) is 11.2. The molecule has 1 unspecified atom stereocenters. The molecule has 6 nitrogen and oxygen atoms in total. The number of rotatable bonds is 7. The molecule has 1 aromatic heterocycles. The third-order valence-corrected chi connectivity index (χ3v) is 5.97. The highest BCUT2D eigenvalue weighted by atomic mass is 35.5. The van der Waals surface area contributed by atoms with Gasteiger partial charge in [0.2, 0.25) is 5.91 Å². The maximum Gasteiger partial charge on any atom is 0.416 e. The summed E-state index contributed by atoms with van der Waals surface area (Å²) < 4.78 is 56.6. The molecule has 37 heavy (non-hydrogen) atoms. The average Bonchev–Trinajstić information content (AvgIpc) is 3.15. The standard InChI is InChI=1S/C26H21ClF4N4O2/c1-16(20-7-3-4-8-21(20)26(29,30)31)32-23(36)15-35-25(37)34(14-18-6-2-5-9-22(18)28)24(33-35)17-10-12-19(27)13-11-17/h2-13,16H,14-15H2,1H3,(H,32,36). The molecule has 0 radical (unpaired) electrons. The maximum absolute atomic E-state index is 14.3. The van der Waals surface area contributed by atoms with Gasteiger partial charge in [0.05, 0.1) is 18.2 Å². The summed E-state index contributed by atoms with van der Waals surface area (Å²) >= 11 is 5.97. The van der Waals surface area contributed by atoms with Crippen LogP contribution in [0.15, 0.2) is 77.6 Å². The SMILES string of the molecule is CC(NC(=O)Cn1nc(-c2ccc(Cl)cc2)n(Cc2ccccc2F)c1=O)c1ccccc1C(F)(F)F. The minimum atomic E-state index is -4.59. The van der Waals surface area contributed by atoms with E-state index >= 15 is 0 Å². The van der Waals surface area contributed by atoms with Crippen molar-refractivity contribution in [1.82, 2.24) is 19.7 Å². The number of amides is 1. The van der Waals surface area contributed by atoms with Crippen LogP contribution in [0.25, 0.3) is 11.4 Å². The quantitative estimate of drug-likeness (QED) is 0.322. The highest BCUT2D eigenvalue weighted by molar-refractivity contribution is 6.30. The van der Waals surface area contributed by atoms with Crippen molar-refractivity contribution in [3.8, 4) is 11.4 Å². The van der Waals surface area contributed by atoms with Gasteiger partial charge < -0.3 is 5.32 Å². The van der Waals surface area contributed by atoms with E-state index < -0.39 is 41.7 Å². The highest BCUT2D eigenvalue weighted by Crippen LogP contribution is 2.34. The molecule has 3 aromatic carbocycles. The average molecular weight is 533 g/mol. The smallest absolute Gasteiger partial charge is 0.348 e. The minimum absolute atomic E-state index is 0.109. The first-order chi connectivity index (χ1) is 17.5. The molecule has 1 atom stereocenters. The Kier molecular flexibility index (Phi) is 7.49. The second-order valence-corrected chi connectivity index (χ2v) is 8.76. The molecular weight excluding hydrogens is 512 g/mol. The number of halogens is 5. The van der Waals surface area contributed by atoms with Gasteiger partial charge in [0.25, 0.3) is 0 Å². The Labute approximate surface area is 214 Å². The van der Waals surface area contributed by atoms with Crippen molar-refractivity contribution in [2.75, 3.05) is 0 Å².